The van der Waals surface area contributed by atoms with E-state index in [4.69, 9.17) is 4.74 Å². The minimum absolute atomic E-state index is 0.0915. The molecule has 1 aliphatic heterocycles. The van der Waals surface area contributed by atoms with Crippen LogP contribution in [-0.2, 0) is 4.74 Å². The zero-order valence-electron chi connectivity index (χ0n) is 8.08. The molecule has 3 heteroatoms. The van der Waals surface area contributed by atoms with E-state index in [0.717, 1.165) is 11.4 Å². The Morgan fingerprint density at radius 3 is 2.93 bits per heavy atom. The van der Waals surface area contributed by atoms with E-state index >= 15 is 0 Å². The molecule has 1 aromatic heterocycles. The van der Waals surface area contributed by atoms with Crippen molar-refractivity contribution < 1.29 is 4.74 Å². The normalized spacial score (nSPS) is 18.3. The molecule has 0 saturated carbocycles. The molecule has 0 fully saturated rings. The first-order chi connectivity index (χ1) is 7.45. The van der Waals surface area contributed by atoms with Crippen molar-refractivity contribution in [1.29, 1.82) is 0 Å². The minimum atomic E-state index is -0.0915. The van der Waals surface area contributed by atoms with Crippen molar-refractivity contribution in [2.24, 2.45) is 0 Å². The highest BCUT2D eigenvalue weighted by molar-refractivity contribution is 5.32. The molecule has 3 rings (SSSR count). The number of nitrogens with zero attached hydrogens (tertiary/aromatic N) is 2. The van der Waals surface area contributed by atoms with Crippen LogP contribution in [0.15, 0.2) is 49.0 Å². The number of hydrogen-bond acceptors (Lipinski definition) is 2. The smallest absolute Gasteiger partial charge is 0.181 e. The van der Waals surface area contributed by atoms with Gasteiger partial charge in [-0.2, -0.15) is 0 Å². The van der Waals surface area contributed by atoms with Crippen LogP contribution in [-0.4, -0.2) is 9.55 Å². The Labute approximate surface area is 87.6 Å². The molecule has 2 heterocycles. The summed E-state index contributed by atoms with van der Waals surface area (Å²) in [6.07, 6.45) is 7.18. The third-order valence-electron chi connectivity index (χ3n) is 2.47. The van der Waals surface area contributed by atoms with E-state index in [-0.39, 0.29) is 6.10 Å². The summed E-state index contributed by atoms with van der Waals surface area (Å²) in [5.74, 6) is 0.920. The predicted octanol–water partition coefficient (Wildman–Crippen LogP) is 2.43. The van der Waals surface area contributed by atoms with E-state index < -0.39 is 0 Å². The van der Waals surface area contributed by atoms with Gasteiger partial charge in [0.05, 0.1) is 0 Å². The average Bonchev–Trinajstić information content (AvgIpc) is 2.78. The molecule has 1 atom stereocenters. The fourth-order valence-corrected chi connectivity index (χ4v) is 1.75. The number of ether oxygens (including phenoxy) is 1. The van der Waals surface area contributed by atoms with Gasteiger partial charge in [0.2, 0.25) is 0 Å². The van der Waals surface area contributed by atoms with Crippen LogP contribution in [0.3, 0.4) is 0 Å². The zero-order valence-corrected chi connectivity index (χ0v) is 8.08. The van der Waals surface area contributed by atoms with Crippen LogP contribution < -0.4 is 0 Å². The van der Waals surface area contributed by atoms with Gasteiger partial charge in [-0.25, -0.2) is 4.98 Å². The fraction of sp³-hybridized carbons (Fsp3) is 0.0833. The maximum atomic E-state index is 5.58. The summed E-state index contributed by atoms with van der Waals surface area (Å²) in [5.41, 5.74) is 1.12. The Morgan fingerprint density at radius 1 is 1.20 bits per heavy atom. The van der Waals surface area contributed by atoms with Gasteiger partial charge >= 0.3 is 0 Å². The minimum Gasteiger partial charge on any atom is -0.484 e. The topological polar surface area (TPSA) is 27.1 Å². The fourth-order valence-electron chi connectivity index (χ4n) is 1.75. The molecule has 15 heavy (non-hydrogen) atoms. The summed E-state index contributed by atoms with van der Waals surface area (Å²) in [6.45, 7) is 0. The number of rotatable bonds is 1. The number of aromatic nitrogens is 2. The Hall–Kier alpha value is -2.03. The first kappa shape index (κ1) is 8.29. The summed E-state index contributed by atoms with van der Waals surface area (Å²) in [4.78, 5) is 4.30. The lowest BCUT2D eigenvalue weighted by molar-refractivity contribution is 0.167. The van der Waals surface area contributed by atoms with E-state index in [0.29, 0.717) is 0 Å². The van der Waals surface area contributed by atoms with Gasteiger partial charge in [0.15, 0.2) is 11.9 Å². The third kappa shape index (κ3) is 1.32. The lowest BCUT2D eigenvalue weighted by atomic mass is 10.1. The summed E-state index contributed by atoms with van der Waals surface area (Å²) < 4.78 is 7.56. The lowest BCUT2D eigenvalue weighted by Gasteiger charge is -2.20. The van der Waals surface area contributed by atoms with Crippen LogP contribution in [0, 0.1) is 0 Å². The van der Waals surface area contributed by atoms with E-state index in [2.05, 4.69) is 4.98 Å². The number of benzene rings is 1. The Bertz CT molecular complexity index is 487. The highest BCUT2D eigenvalue weighted by atomic mass is 16.5. The molecule has 0 saturated heterocycles. The highest BCUT2D eigenvalue weighted by Gasteiger charge is 2.21. The van der Waals surface area contributed by atoms with E-state index in [1.54, 1.807) is 12.5 Å². The number of fused-ring (bicyclic) bond motifs is 1. The molecule has 1 aliphatic rings. The summed E-state index contributed by atoms with van der Waals surface area (Å²) in [7, 11) is 0. The second-order valence-corrected chi connectivity index (χ2v) is 3.40. The summed E-state index contributed by atoms with van der Waals surface area (Å²) >= 11 is 0. The first-order valence-electron chi connectivity index (χ1n) is 4.85. The third-order valence-corrected chi connectivity index (χ3v) is 2.47. The summed E-state index contributed by atoms with van der Waals surface area (Å²) in [6, 6.07) is 10.1. The van der Waals surface area contributed by atoms with Crippen molar-refractivity contribution in [3.63, 3.8) is 0 Å². The molecular weight excluding hydrogens is 188 g/mol. The van der Waals surface area contributed by atoms with Gasteiger partial charge in [0.1, 0.15) is 6.26 Å². The molecule has 0 aliphatic carbocycles. The molecule has 74 valence electrons. The molecule has 0 N–H and O–H groups in total. The monoisotopic (exact) mass is 198 g/mol. The molecule has 0 bridgehead atoms. The molecule has 1 unspecified atom stereocenters. The largest absolute Gasteiger partial charge is 0.484 e. The SMILES string of the molecule is C1=Cn2ccnc2C(c2ccccc2)O1. The predicted molar refractivity (Wildman–Crippen MR) is 56.9 cm³/mol. The van der Waals surface area contributed by atoms with Crippen LogP contribution in [0.4, 0.5) is 0 Å². The highest BCUT2D eigenvalue weighted by Crippen LogP contribution is 2.27. The van der Waals surface area contributed by atoms with Gasteiger partial charge in [-0.1, -0.05) is 30.3 Å². The van der Waals surface area contributed by atoms with Gasteiger partial charge < -0.3 is 9.30 Å². The molecule has 0 spiro atoms. The van der Waals surface area contributed by atoms with E-state index in [1.807, 2.05) is 47.3 Å². The van der Waals surface area contributed by atoms with E-state index in [9.17, 15) is 0 Å². The van der Waals surface area contributed by atoms with Gasteiger partial charge in [0.25, 0.3) is 0 Å². The quantitative estimate of drug-likeness (QED) is 0.703. The maximum absolute atomic E-state index is 5.58. The summed E-state index contributed by atoms with van der Waals surface area (Å²) in [5, 5.41) is 0. The van der Waals surface area contributed by atoms with Crippen molar-refractivity contribution in [3.8, 4) is 0 Å². The van der Waals surface area contributed by atoms with Crippen molar-refractivity contribution in [2.75, 3.05) is 0 Å². The van der Waals surface area contributed by atoms with Crippen LogP contribution in [0.2, 0.25) is 0 Å². The zero-order chi connectivity index (χ0) is 10.1. The first-order valence-corrected chi connectivity index (χ1v) is 4.85. The van der Waals surface area contributed by atoms with Crippen molar-refractivity contribution >= 4 is 6.20 Å². The molecule has 2 aromatic rings. The average molecular weight is 198 g/mol. The van der Waals surface area contributed by atoms with Crippen LogP contribution >= 0.6 is 0 Å². The van der Waals surface area contributed by atoms with Gasteiger partial charge in [-0.15, -0.1) is 0 Å². The molecule has 3 nitrogen and oxygen atoms in total. The standard InChI is InChI=1S/C12H10N2O/c1-2-4-10(5-3-1)11-12-13-6-7-14(12)8-9-15-11/h1-9,11H. The Balaban J connectivity index is 2.07. The lowest BCUT2D eigenvalue weighted by Crippen LogP contribution is -2.12. The molecule has 0 radical (unpaired) electrons. The van der Waals surface area contributed by atoms with Crippen LogP contribution in [0.5, 0.6) is 0 Å². The van der Waals surface area contributed by atoms with Crippen molar-refractivity contribution in [3.05, 3.63) is 60.4 Å². The van der Waals surface area contributed by atoms with Crippen molar-refractivity contribution in [1.82, 2.24) is 9.55 Å². The Morgan fingerprint density at radius 2 is 2.07 bits per heavy atom. The van der Waals surface area contributed by atoms with Gasteiger partial charge in [0, 0.05) is 18.6 Å². The van der Waals surface area contributed by atoms with Crippen LogP contribution in [0.25, 0.3) is 6.20 Å². The van der Waals surface area contributed by atoms with E-state index in [1.165, 1.54) is 0 Å². The Kier molecular flexibility index (Phi) is 1.81. The number of imidazole rings is 1. The van der Waals surface area contributed by atoms with Gasteiger partial charge in [-0.3, -0.25) is 0 Å². The second-order valence-electron chi connectivity index (χ2n) is 3.40. The molecular formula is C12H10N2O. The maximum Gasteiger partial charge on any atom is 0.181 e. The molecule has 0 amide bonds. The number of hydrogen-bond donors (Lipinski definition) is 0. The van der Waals surface area contributed by atoms with Gasteiger partial charge in [-0.05, 0) is 5.56 Å². The van der Waals surface area contributed by atoms with Crippen LogP contribution in [0.1, 0.15) is 17.5 Å². The molecule has 1 aromatic carbocycles. The second kappa shape index (κ2) is 3.28. The van der Waals surface area contributed by atoms with Crippen molar-refractivity contribution in [2.45, 2.75) is 6.10 Å².